The van der Waals surface area contributed by atoms with Gasteiger partial charge >= 0.3 is 0 Å². The molecule has 0 saturated heterocycles. The Bertz CT molecular complexity index is 71.2. The van der Waals surface area contributed by atoms with Gasteiger partial charge < -0.3 is 5.32 Å². The number of hydrogen-bond acceptors (Lipinski definition) is 1. The Labute approximate surface area is 84.3 Å². The molecule has 0 bridgehead atoms. The molecule has 0 saturated carbocycles. The predicted molar refractivity (Wildman–Crippen MR) is 59.4 cm³/mol. The Balaban J connectivity index is 2.76. The van der Waals surface area contributed by atoms with Gasteiger partial charge in [-0.3, -0.25) is 0 Å². The van der Waals surface area contributed by atoms with Crippen molar-refractivity contribution < 1.29 is 0 Å². The molecule has 0 rings (SSSR count). The third-order valence-corrected chi connectivity index (χ3v) is 1.93. The minimum absolute atomic E-state index is 1.06. The van der Waals surface area contributed by atoms with Crippen molar-refractivity contribution in [1.29, 1.82) is 0 Å². The Hall–Kier alpha value is -0.0400. The lowest BCUT2D eigenvalue weighted by atomic mass is 10.2. The Morgan fingerprint density at radius 2 is 1.23 bits per heavy atom. The highest BCUT2D eigenvalue weighted by Gasteiger charge is 1.90. The number of rotatable bonds is 10. The van der Waals surface area contributed by atoms with Crippen molar-refractivity contribution in [3.05, 3.63) is 26.9 Å². The zero-order valence-electron chi connectivity index (χ0n) is 8.73. The quantitative estimate of drug-likeness (QED) is 0.507. The first-order valence-corrected chi connectivity index (χ1v) is 5.39. The van der Waals surface area contributed by atoms with E-state index in [9.17, 15) is 0 Å². The second-order valence-corrected chi connectivity index (χ2v) is 3.27. The van der Waals surface area contributed by atoms with Crippen LogP contribution in [-0.2, 0) is 0 Å². The molecule has 0 aliphatic heterocycles. The van der Waals surface area contributed by atoms with E-state index in [0.717, 1.165) is 25.7 Å². The molecule has 0 aromatic rings. The third kappa shape index (κ3) is 12.0. The minimum atomic E-state index is 1.06. The maximum atomic E-state index is 3.81. The van der Waals surface area contributed by atoms with Crippen LogP contribution in [-0.4, -0.2) is 0 Å². The van der Waals surface area contributed by atoms with Gasteiger partial charge in [0.25, 0.3) is 0 Å². The summed E-state index contributed by atoms with van der Waals surface area (Å²) in [4.78, 5) is 0. The van der Waals surface area contributed by atoms with E-state index in [1.807, 2.05) is 0 Å². The summed E-state index contributed by atoms with van der Waals surface area (Å²) in [7, 11) is 0. The van der Waals surface area contributed by atoms with Crippen molar-refractivity contribution in [3.8, 4) is 0 Å². The predicted octanol–water partition coefficient (Wildman–Crippen LogP) is 3.69. The van der Waals surface area contributed by atoms with E-state index < -0.39 is 0 Å². The first kappa shape index (κ1) is 13.0. The summed E-state index contributed by atoms with van der Waals surface area (Å²) in [6, 6.07) is 0. The van der Waals surface area contributed by atoms with Gasteiger partial charge in [-0.2, -0.15) is 0 Å². The van der Waals surface area contributed by atoms with Crippen LogP contribution >= 0.6 is 0 Å². The van der Waals surface area contributed by atoms with Gasteiger partial charge in [0.2, 0.25) is 0 Å². The maximum Gasteiger partial charge on any atom is 0.0224 e. The van der Waals surface area contributed by atoms with Crippen molar-refractivity contribution in [2.75, 3.05) is 0 Å². The first-order chi connectivity index (χ1) is 6.41. The summed E-state index contributed by atoms with van der Waals surface area (Å²) in [5.74, 6) is 0. The molecule has 0 heterocycles. The number of nitrogens with one attached hydrogen (secondary N) is 1. The summed E-state index contributed by atoms with van der Waals surface area (Å²) in [5.41, 5.74) is 0. The highest BCUT2D eigenvalue weighted by Crippen LogP contribution is 2.02. The summed E-state index contributed by atoms with van der Waals surface area (Å²) in [6.07, 6.45) is 9.40. The van der Waals surface area contributed by atoms with Crippen molar-refractivity contribution in [2.45, 2.75) is 51.4 Å². The average Bonchev–Trinajstić information content (AvgIpc) is 2.16. The zero-order chi connectivity index (χ0) is 9.78. The van der Waals surface area contributed by atoms with Crippen LogP contribution in [0.15, 0.2) is 0 Å². The molecule has 0 amide bonds. The van der Waals surface area contributed by atoms with Crippen molar-refractivity contribution in [2.24, 2.45) is 0 Å². The van der Waals surface area contributed by atoms with Crippen LogP contribution in [0.4, 0.5) is 0 Å². The lowest BCUT2D eigenvalue weighted by Crippen LogP contribution is -2.05. The van der Waals surface area contributed by atoms with Crippen LogP contribution in [0.25, 0.3) is 0 Å². The largest absolute Gasteiger partial charge is 0.308 e. The molecule has 0 aliphatic rings. The molecule has 0 unspecified atom stereocenters. The van der Waals surface area contributed by atoms with Crippen LogP contribution in [0.5, 0.6) is 0 Å². The van der Waals surface area contributed by atoms with Crippen LogP contribution < -0.4 is 5.32 Å². The van der Waals surface area contributed by atoms with E-state index in [4.69, 9.17) is 0 Å². The van der Waals surface area contributed by atoms with Crippen LogP contribution in [0.1, 0.15) is 51.4 Å². The summed E-state index contributed by atoms with van der Waals surface area (Å²) < 4.78 is 0. The van der Waals surface area contributed by atoms with E-state index >= 15 is 0 Å². The lowest BCUT2D eigenvalue weighted by molar-refractivity contribution is 0.667. The molecule has 76 valence electrons. The zero-order valence-corrected chi connectivity index (χ0v) is 8.73. The second kappa shape index (κ2) is 12.0. The average molecular weight is 181 g/mol. The molecule has 1 nitrogen and oxygen atoms in total. The molecule has 1 heteroatoms. The normalized spacial score (nSPS) is 10.6. The van der Waals surface area contributed by atoms with Gasteiger partial charge in [-0.25, -0.2) is 0 Å². The number of hydrogen-bond donors (Lipinski definition) is 1. The van der Waals surface area contributed by atoms with Crippen LogP contribution in [0.2, 0.25) is 0 Å². The molecule has 0 atom stereocenters. The number of unbranched alkanes of at least 4 members (excludes halogenated alkanes) is 6. The molecular formula is C12H23N. The summed E-state index contributed by atoms with van der Waals surface area (Å²) in [5, 5.41) is 3.21. The van der Waals surface area contributed by atoms with Gasteiger partial charge in [0.05, 0.1) is 0 Å². The van der Waals surface area contributed by atoms with Gasteiger partial charge in [0, 0.05) is 13.1 Å². The van der Waals surface area contributed by atoms with Gasteiger partial charge in [0.15, 0.2) is 0 Å². The molecule has 0 aromatic carbocycles. The minimum Gasteiger partial charge on any atom is -0.308 e. The van der Waals surface area contributed by atoms with E-state index in [0.29, 0.717) is 0 Å². The molecule has 0 aliphatic carbocycles. The molecule has 13 heavy (non-hydrogen) atoms. The van der Waals surface area contributed by atoms with Gasteiger partial charge in [0.1, 0.15) is 0 Å². The van der Waals surface area contributed by atoms with Gasteiger partial charge in [-0.1, -0.05) is 52.4 Å². The Kier molecular flexibility index (Phi) is 11.9. The standard InChI is InChI=1S/C12H23N/c1-3-5-7-9-11-13-12-10-8-6-4-2/h11-13H,1-10H2. The molecule has 0 spiro atoms. The van der Waals surface area contributed by atoms with E-state index in [1.165, 1.54) is 25.7 Å². The van der Waals surface area contributed by atoms with Gasteiger partial charge in [-0.15, -0.1) is 0 Å². The Morgan fingerprint density at radius 1 is 0.769 bits per heavy atom. The van der Waals surface area contributed by atoms with E-state index in [1.54, 1.807) is 0 Å². The fourth-order valence-electron chi connectivity index (χ4n) is 1.10. The van der Waals surface area contributed by atoms with Crippen molar-refractivity contribution in [3.63, 3.8) is 0 Å². The SMILES string of the molecule is [CH2]CCCC[CH]N[CH]CCCC[CH2]. The molecule has 0 fully saturated rings. The summed E-state index contributed by atoms with van der Waals surface area (Å²) >= 11 is 0. The lowest BCUT2D eigenvalue weighted by Gasteiger charge is -2.02. The fourth-order valence-corrected chi connectivity index (χ4v) is 1.10. The molecule has 0 aromatic heterocycles. The molecular weight excluding hydrogens is 158 g/mol. The van der Waals surface area contributed by atoms with E-state index in [-0.39, 0.29) is 0 Å². The van der Waals surface area contributed by atoms with Crippen LogP contribution in [0.3, 0.4) is 0 Å². The van der Waals surface area contributed by atoms with Crippen LogP contribution in [0, 0.1) is 26.9 Å². The summed E-state index contributed by atoms with van der Waals surface area (Å²) in [6.45, 7) is 11.9. The van der Waals surface area contributed by atoms with E-state index in [2.05, 4.69) is 32.3 Å². The third-order valence-electron chi connectivity index (χ3n) is 1.93. The smallest absolute Gasteiger partial charge is 0.0224 e. The molecule has 1 N–H and O–H groups in total. The highest BCUT2D eigenvalue weighted by molar-refractivity contribution is 4.70. The van der Waals surface area contributed by atoms with Crippen molar-refractivity contribution >= 4 is 0 Å². The Morgan fingerprint density at radius 3 is 1.62 bits per heavy atom. The fraction of sp³-hybridized carbons (Fsp3) is 0.667. The monoisotopic (exact) mass is 181 g/mol. The highest BCUT2D eigenvalue weighted by atomic mass is 14.8. The van der Waals surface area contributed by atoms with Gasteiger partial charge in [-0.05, 0) is 12.8 Å². The maximum absolute atomic E-state index is 3.81. The first-order valence-electron chi connectivity index (χ1n) is 5.39. The van der Waals surface area contributed by atoms with Crippen molar-refractivity contribution in [1.82, 2.24) is 5.32 Å². The molecule has 4 radical (unpaired) electrons. The topological polar surface area (TPSA) is 12.0 Å². The second-order valence-electron chi connectivity index (χ2n) is 3.27.